The van der Waals surface area contributed by atoms with E-state index in [1.807, 2.05) is 37.4 Å². The number of pyridine rings is 1. The third-order valence-electron chi connectivity index (χ3n) is 3.78. The lowest BCUT2D eigenvalue weighted by Crippen LogP contribution is -2.14. The van der Waals surface area contributed by atoms with E-state index < -0.39 is 5.97 Å². The molecular formula is C20H19N3O3S2. The van der Waals surface area contributed by atoms with Crippen LogP contribution in [0.4, 0.5) is 5.69 Å². The molecule has 0 unspecified atom stereocenters. The van der Waals surface area contributed by atoms with Crippen molar-refractivity contribution < 1.29 is 14.3 Å². The molecule has 0 atom stereocenters. The molecule has 144 valence electrons. The number of carbonyl (C=O) groups excluding carboxylic acids is 2. The molecule has 1 amide bonds. The molecule has 0 radical (unpaired) electrons. The Labute approximate surface area is 171 Å². The SMILES string of the molecule is CSc1ncccc1C(=O)OCc1csc(CC(=O)Nc2ccc(C)cc2)n1. The Morgan fingerprint density at radius 1 is 1.21 bits per heavy atom. The molecule has 0 saturated carbocycles. The Morgan fingerprint density at radius 3 is 2.75 bits per heavy atom. The van der Waals surface area contributed by atoms with Crippen LogP contribution in [0.3, 0.4) is 0 Å². The lowest BCUT2D eigenvalue weighted by molar-refractivity contribution is -0.115. The van der Waals surface area contributed by atoms with Gasteiger partial charge in [0.15, 0.2) is 0 Å². The minimum atomic E-state index is -0.441. The maximum atomic E-state index is 12.2. The van der Waals surface area contributed by atoms with Crippen LogP contribution >= 0.6 is 23.1 Å². The van der Waals surface area contributed by atoms with Gasteiger partial charge in [-0.05, 0) is 37.4 Å². The van der Waals surface area contributed by atoms with Gasteiger partial charge in [0.2, 0.25) is 5.91 Å². The van der Waals surface area contributed by atoms with E-state index in [-0.39, 0.29) is 18.9 Å². The quantitative estimate of drug-likeness (QED) is 0.464. The number of thiazole rings is 1. The second-order valence-electron chi connectivity index (χ2n) is 5.96. The van der Waals surface area contributed by atoms with Crippen LogP contribution in [0.2, 0.25) is 0 Å². The number of benzene rings is 1. The molecule has 3 aromatic rings. The zero-order valence-corrected chi connectivity index (χ0v) is 17.1. The average Bonchev–Trinajstić information content (AvgIpc) is 3.15. The number of hydrogen-bond acceptors (Lipinski definition) is 7. The highest BCUT2D eigenvalue weighted by Gasteiger charge is 2.14. The fourth-order valence-corrected chi connectivity index (χ4v) is 3.72. The second-order valence-corrected chi connectivity index (χ2v) is 7.70. The summed E-state index contributed by atoms with van der Waals surface area (Å²) < 4.78 is 5.33. The predicted molar refractivity (Wildman–Crippen MR) is 111 cm³/mol. The maximum Gasteiger partial charge on any atom is 0.341 e. The van der Waals surface area contributed by atoms with E-state index in [9.17, 15) is 9.59 Å². The summed E-state index contributed by atoms with van der Waals surface area (Å²) in [5.41, 5.74) is 2.93. The molecule has 0 saturated heterocycles. The Bertz CT molecular complexity index is 971. The number of carbonyl (C=O) groups is 2. The first-order chi connectivity index (χ1) is 13.5. The highest BCUT2D eigenvalue weighted by atomic mass is 32.2. The van der Waals surface area contributed by atoms with Crippen LogP contribution in [0.15, 0.2) is 53.0 Å². The van der Waals surface area contributed by atoms with Crippen molar-refractivity contribution in [2.24, 2.45) is 0 Å². The lowest BCUT2D eigenvalue weighted by Gasteiger charge is -2.06. The molecule has 8 heteroatoms. The van der Waals surface area contributed by atoms with Gasteiger partial charge in [0.1, 0.15) is 16.6 Å². The van der Waals surface area contributed by atoms with Crippen molar-refractivity contribution in [1.29, 1.82) is 0 Å². The summed E-state index contributed by atoms with van der Waals surface area (Å²) in [7, 11) is 0. The highest BCUT2D eigenvalue weighted by Crippen LogP contribution is 2.19. The number of aromatic nitrogens is 2. The highest BCUT2D eigenvalue weighted by molar-refractivity contribution is 7.98. The molecule has 0 spiro atoms. The number of nitrogens with zero attached hydrogens (tertiary/aromatic N) is 2. The van der Waals surface area contributed by atoms with Crippen LogP contribution in [0.25, 0.3) is 0 Å². The predicted octanol–water partition coefficient (Wildman–Crippen LogP) is 4.11. The smallest absolute Gasteiger partial charge is 0.341 e. The minimum Gasteiger partial charge on any atom is -0.455 e. The van der Waals surface area contributed by atoms with Crippen LogP contribution < -0.4 is 5.32 Å². The fraction of sp³-hybridized carbons (Fsp3) is 0.200. The monoisotopic (exact) mass is 413 g/mol. The third kappa shape index (κ3) is 5.40. The molecule has 0 aliphatic heterocycles. The minimum absolute atomic E-state index is 0.0532. The van der Waals surface area contributed by atoms with Crippen molar-refractivity contribution in [2.45, 2.75) is 25.0 Å². The molecule has 1 aromatic carbocycles. The van der Waals surface area contributed by atoms with Gasteiger partial charge in [-0.2, -0.15) is 0 Å². The molecule has 0 bridgehead atoms. The number of hydrogen-bond donors (Lipinski definition) is 1. The maximum absolute atomic E-state index is 12.2. The number of amides is 1. The summed E-state index contributed by atoms with van der Waals surface area (Å²) >= 11 is 2.75. The van der Waals surface area contributed by atoms with Gasteiger partial charge in [-0.3, -0.25) is 4.79 Å². The van der Waals surface area contributed by atoms with Crippen molar-refractivity contribution in [1.82, 2.24) is 9.97 Å². The van der Waals surface area contributed by atoms with Gasteiger partial charge in [0.05, 0.1) is 17.7 Å². The molecule has 28 heavy (non-hydrogen) atoms. The molecule has 2 aromatic heterocycles. The summed E-state index contributed by atoms with van der Waals surface area (Å²) in [6.45, 7) is 2.04. The molecule has 3 rings (SSSR count). The number of rotatable bonds is 7. The topological polar surface area (TPSA) is 81.2 Å². The normalized spacial score (nSPS) is 10.5. The van der Waals surface area contributed by atoms with Gasteiger partial charge in [-0.25, -0.2) is 14.8 Å². The Balaban J connectivity index is 1.53. The Hall–Kier alpha value is -2.71. The zero-order valence-electron chi connectivity index (χ0n) is 15.5. The molecule has 0 fully saturated rings. The summed E-state index contributed by atoms with van der Waals surface area (Å²) in [6, 6.07) is 11.0. The number of ether oxygens (including phenoxy) is 1. The van der Waals surface area contributed by atoms with Crippen LogP contribution in [0, 0.1) is 6.92 Å². The molecule has 6 nitrogen and oxygen atoms in total. The van der Waals surface area contributed by atoms with Crippen molar-refractivity contribution in [3.63, 3.8) is 0 Å². The van der Waals surface area contributed by atoms with Gasteiger partial charge >= 0.3 is 5.97 Å². The molecule has 0 aliphatic carbocycles. The molecule has 1 N–H and O–H groups in total. The average molecular weight is 414 g/mol. The Kier molecular flexibility index (Phi) is 6.78. The summed E-state index contributed by atoms with van der Waals surface area (Å²) in [6.07, 6.45) is 3.66. The number of esters is 1. The van der Waals surface area contributed by atoms with E-state index in [4.69, 9.17) is 4.74 Å². The summed E-state index contributed by atoms with van der Waals surface area (Å²) in [5.74, 6) is -0.578. The fourth-order valence-electron chi connectivity index (χ4n) is 2.40. The zero-order chi connectivity index (χ0) is 19.9. The standard InChI is InChI=1S/C20H19N3O3S2/c1-13-5-7-14(8-6-13)22-17(24)10-18-23-15(12-28-18)11-26-20(25)16-4-3-9-21-19(16)27-2/h3-9,12H,10-11H2,1-2H3,(H,22,24). The van der Waals surface area contributed by atoms with Gasteiger partial charge in [0, 0.05) is 17.3 Å². The van der Waals surface area contributed by atoms with Gasteiger partial charge in [-0.15, -0.1) is 23.1 Å². The lowest BCUT2D eigenvalue weighted by atomic mass is 10.2. The van der Waals surface area contributed by atoms with E-state index in [1.165, 1.54) is 23.1 Å². The molecule has 2 heterocycles. The number of anilines is 1. The summed E-state index contributed by atoms with van der Waals surface area (Å²) in [4.78, 5) is 32.9. The van der Waals surface area contributed by atoms with Gasteiger partial charge in [0.25, 0.3) is 0 Å². The molecule has 0 aliphatic rings. The number of nitrogens with one attached hydrogen (secondary N) is 1. The third-order valence-corrected chi connectivity index (χ3v) is 5.39. The largest absolute Gasteiger partial charge is 0.455 e. The van der Waals surface area contributed by atoms with E-state index in [1.54, 1.807) is 23.7 Å². The first kappa shape index (κ1) is 20.0. The molecular weight excluding hydrogens is 394 g/mol. The van der Waals surface area contributed by atoms with Crippen LogP contribution in [0.1, 0.15) is 26.6 Å². The Morgan fingerprint density at radius 2 is 2.00 bits per heavy atom. The van der Waals surface area contributed by atoms with Crippen molar-refractivity contribution in [3.8, 4) is 0 Å². The number of thioether (sulfide) groups is 1. The van der Waals surface area contributed by atoms with Gasteiger partial charge in [-0.1, -0.05) is 17.7 Å². The van der Waals surface area contributed by atoms with E-state index in [0.29, 0.717) is 21.3 Å². The van der Waals surface area contributed by atoms with E-state index in [2.05, 4.69) is 15.3 Å². The van der Waals surface area contributed by atoms with Crippen LogP contribution in [-0.4, -0.2) is 28.1 Å². The van der Waals surface area contributed by atoms with E-state index in [0.717, 1.165) is 11.3 Å². The summed E-state index contributed by atoms with van der Waals surface area (Å²) in [5, 5.41) is 5.93. The van der Waals surface area contributed by atoms with Crippen molar-refractivity contribution >= 4 is 40.7 Å². The van der Waals surface area contributed by atoms with Crippen LogP contribution in [0.5, 0.6) is 0 Å². The number of aryl methyl sites for hydroxylation is 1. The first-order valence-electron chi connectivity index (χ1n) is 8.51. The van der Waals surface area contributed by atoms with Crippen molar-refractivity contribution in [2.75, 3.05) is 11.6 Å². The van der Waals surface area contributed by atoms with Crippen molar-refractivity contribution in [3.05, 3.63) is 69.8 Å². The van der Waals surface area contributed by atoms with Gasteiger partial charge < -0.3 is 10.1 Å². The van der Waals surface area contributed by atoms with E-state index >= 15 is 0 Å². The van der Waals surface area contributed by atoms with Crippen LogP contribution in [-0.2, 0) is 22.6 Å². The second kappa shape index (κ2) is 9.48. The first-order valence-corrected chi connectivity index (χ1v) is 10.6.